The molecule has 0 N–H and O–H groups in total. The lowest BCUT2D eigenvalue weighted by Gasteiger charge is -1.99. The van der Waals surface area contributed by atoms with E-state index in [4.69, 9.17) is 0 Å². The SMILES string of the molecule is CC.Cn1cc(-c2ccccc2)c2ccc(C=O)cc21. The van der Waals surface area contributed by atoms with Crippen LogP contribution in [0.5, 0.6) is 0 Å². The molecule has 2 nitrogen and oxygen atoms in total. The van der Waals surface area contributed by atoms with E-state index in [1.165, 1.54) is 16.5 Å². The number of fused-ring (bicyclic) bond motifs is 1. The van der Waals surface area contributed by atoms with Gasteiger partial charge in [-0.1, -0.05) is 56.3 Å². The van der Waals surface area contributed by atoms with E-state index < -0.39 is 0 Å². The van der Waals surface area contributed by atoms with Gasteiger partial charge in [-0.3, -0.25) is 4.79 Å². The molecule has 0 bridgehead atoms. The lowest BCUT2D eigenvalue weighted by molar-refractivity contribution is 0.112. The molecule has 0 atom stereocenters. The van der Waals surface area contributed by atoms with Crippen LogP contribution < -0.4 is 0 Å². The van der Waals surface area contributed by atoms with E-state index >= 15 is 0 Å². The number of hydrogen-bond donors (Lipinski definition) is 0. The van der Waals surface area contributed by atoms with Crippen molar-refractivity contribution in [2.75, 3.05) is 0 Å². The normalized spacial score (nSPS) is 9.95. The summed E-state index contributed by atoms with van der Waals surface area (Å²) in [4.78, 5) is 10.8. The van der Waals surface area contributed by atoms with Crippen LogP contribution >= 0.6 is 0 Å². The highest BCUT2D eigenvalue weighted by Gasteiger charge is 2.08. The molecule has 3 aromatic rings. The lowest BCUT2D eigenvalue weighted by Crippen LogP contribution is -1.85. The summed E-state index contributed by atoms with van der Waals surface area (Å²) in [5.74, 6) is 0. The second kappa shape index (κ2) is 6.20. The zero-order valence-electron chi connectivity index (χ0n) is 12.1. The molecule has 102 valence electrons. The second-order valence-corrected chi connectivity index (χ2v) is 4.41. The highest BCUT2D eigenvalue weighted by Crippen LogP contribution is 2.30. The molecule has 2 heteroatoms. The van der Waals surface area contributed by atoms with E-state index in [9.17, 15) is 4.79 Å². The van der Waals surface area contributed by atoms with Crippen molar-refractivity contribution in [2.45, 2.75) is 13.8 Å². The van der Waals surface area contributed by atoms with E-state index in [0.717, 1.165) is 11.8 Å². The van der Waals surface area contributed by atoms with Gasteiger partial charge >= 0.3 is 0 Å². The third kappa shape index (κ3) is 2.50. The first kappa shape index (κ1) is 14.1. The summed E-state index contributed by atoms with van der Waals surface area (Å²) in [7, 11) is 2.00. The molecule has 3 rings (SSSR count). The maximum atomic E-state index is 10.8. The maximum Gasteiger partial charge on any atom is 0.150 e. The summed E-state index contributed by atoms with van der Waals surface area (Å²) in [6, 6.07) is 16.1. The fourth-order valence-electron chi connectivity index (χ4n) is 2.32. The molecule has 0 aliphatic carbocycles. The van der Waals surface area contributed by atoms with Crippen LogP contribution in [0.1, 0.15) is 24.2 Å². The number of hydrogen-bond acceptors (Lipinski definition) is 1. The Labute approximate surface area is 119 Å². The second-order valence-electron chi connectivity index (χ2n) is 4.41. The van der Waals surface area contributed by atoms with Crippen molar-refractivity contribution in [1.29, 1.82) is 0 Å². The highest BCUT2D eigenvalue weighted by atomic mass is 16.1. The molecule has 1 heterocycles. The van der Waals surface area contributed by atoms with Crippen LogP contribution in [-0.2, 0) is 7.05 Å². The van der Waals surface area contributed by atoms with Gasteiger partial charge in [0.25, 0.3) is 0 Å². The van der Waals surface area contributed by atoms with Gasteiger partial charge in [0.15, 0.2) is 0 Å². The average Bonchev–Trinajstić information content (AvgIpc) is 2.87. The molecule has 0 saturated heterocycles. The number of rotatable bonds is 2. The Morgan fingerprint density at radius 2 is 1.70 bits per heavy atom. The van der Waals surface area contributed by atoms with Crippen molar-refractivity contribution in [3.8, 4) is 11.1 Å². The summed E-state index contributed by atoms with van der Waals surface area (Å²) < 4.78 is 2.06. The fourth-order valence-corrected chi connectivity index (χ4v) is 2.32. The Morgan fingerprint density at radius 1 is 1.00 bits per heavy atom. The van der Waals surface area contributed by atoms with Crippen molar-refractivity contribution >= 4 is 17.2 Å². The predicted octanol–water partition coefficient (Wildman–Crippen LogP) is 4.68. The standard InChI is InChI=1S/C16H13NO.C2H6/c1-17-10-15(13-5-3-2-4-6-13)14-8-7-12(11-18)9-16(14)17;1-2/h2-11H,1H3;1-2H3. The third-order valence-corrected chi connectivity index (χ3v) is 3.24. The van der Waals surface area contributed by atoms with Gasteiger partial charge < -0.3 is 4.57 Å². The van der Waals surface area contributed by atoms with E-state index in [-0.39, 0.29) is 0 Å². The van der Waals surface area contributed by atoms with E-state index in [0.29, 0.717) is 5.56 Å². The Hall–Kier alpha value is -2.35. The van der Waals surface area contributed by atoms with Crippen molar-refractivity contribution in [3.63, 3.8) is 0 Å². The van der Waals surface area contributed by atoms with Crippen LogP contribution in [0, 0.1) is 0 Å². The maximum absolute atomic E-state index is 10.8. The minimum absolute atomic E-state index is 0.711. The zero-order chi connectivity index (χ0) is 14.5. The van der Waals surface area contributed by atoms with Gasteiger partial charge in [0, 0.05) is 35.3 Å². The number of benzene rings is 2. The van der Waals surface area contributed by atoms with Gasteiger partial charge in [-0.2, -0.15) is 0 Å². The Bertz CT molecular complexity index is 711. The first-order valence-electron chi connectivity index (χ1n) is 6.89. The topological polar surface area (TPSA) is 22.0 Å². The first-order valence-corrected chi connectivity index (χ1v) is 6.89. The highest BCUT2D eigenvalue weighted by molar-refractivity contribution is 5.98. The molecule has 2 aromatic carbocycles. The molecular formula is C18H19NO. The largest absolute Gasteiger partial charge is 0.350 e. The molecule has 0 aliphatic heterocycles. The molecule has 0 unspecified atom stereocenters. The summed E-state index contributed by atoms with van der Waals surface area (Å²) in [5.41, 5.74) is 4.19. The fraction of sp³-hybridized carbons (Fsp3) is 0.167. The molecule has 0 fully saturated rings. The van der Waals surface area contributed by atoms with E-state index in [1.807, 2.05) is 57.3 Å². The number of aromatic nitrogens is 1. The quantitative estimate of drug-likeness (QED) is 0.616. The molecule has 0 amide bonds. The molecular weight excluding hydrogens is 246 g/mol. The predicted molar refractivity (Wildman–Crippen MR) is 85.1 cm³/mol. The van der Waals surface area contributed by atoms with Gasteiger partial charge in [0.05, 0.1) is 0 Å². The smallest absolute Gasteiger partial charge is 0.150 e. The van der Waals surface area contributed by atoms with Crippen molar-refractivity contribution < 1.29 is 4.79 Å². The number of carbonyl (C=O) groups is 1. The number of aldehydes is 1. The van der Waals surface area contributed by atoms with Gasteiger partial charge in [-0.05, 0) is 11.6 Å². The molecule has 0 aliphatic rings. The minimum Gasteiger partial charge on any atom is -0.350 e. The number of nitrogens with zero attached hydrogens (tertiary/aromatic N) is 1. The monoisotopic (exact) mass is 265 g/mol. The van der Waals surface area contributed by atoms with Crippen LogP contribution in [0.2, 0.25) is 0 Å². The Kier molecular flexibility index (Phi) is 4.36. The van der Waals surface area contributed by atoms with Crippen molar-refractivity contribution in [1.82, 2.24) is 4.57 Å². The molecule has 0 radical (unpaired) electrons. The van der Waals surface area contributed by atoms with Gasteiger partial charge in [-0.25, -0.2) is 0 Å². The van der Waals surface area contributed by atoms with Crippen molar-refractivity contribution in [3.05, 3.63) is 60.3 Å². The molecule has 0 saturated carbocycles. The van der Waals surface area contributed by atoms with Crippen LogP contribution in [0.4, 0.5) is 0 Å². The number of carbonyl (C=O) groups excluding carboxylic acids is 1. The summed E-state index contributed by atoms with van der Waals surface area (Å²) in [5, 5.41) is 1.18. The molecule has 0 spiro atoms. The summed E-state index contributed by atoms with van der Waals surface area (Å²) in [6.45, 7) is 4.00. The zero-order valence-corrected chi connectivity index (χ0v) is 12.1. The van der Waals surface area contributed by atoms with Gasteiger partial charge in [0.2, 0.25) is 0 Å². The van der Waals surface area contributed by atoms with E-state index in [1.54, 1.807) is 0 Å². The lowest BCUT2D eigenvalue weighted by atomic mass is 10.0. The Morgan fingerprint density at radius 3 is 2.35 bits per heavy atom. The van der Waals surface area contributed by atoms with Crippen LogP contribution in [0.15, 0.2) is 54.7 Å². The Balaban J connectivity index is 0.000000704. The van der Waals surface area contributed by atoms with Gasteiger partial charge in [-0.15, -0.1) is 0 Å². The molecule has 20 heavy (non-hydrogen) atoms. The van der Waals surface area contributed by atoms with Crippen LogP contribution in [0.3, 0.4) is 0 Å². The van der Waals surface area contributed by atoms with Gasteiger partial charge in [0.1, 0.15) is 6.29 Å². The number of aryl methyl sites for hydroxylation is 1. The minimum atomic E-state index is 0.711. The van der Waals surface area contributed by atoms with Crippen molar-refractivity contribution in [2.24, 2.45) is 7.05 Å². The average molecular weight is 265 g/mol. The molecule has 1 aromatic heterocycles. The van der Waals surface area contributed by atoms with Crippen LogP contribution in [0.25, 0.3) is 22.0 Å². The van der Waals surface area contributed by atoms with Crippen LogP contribution in [-0.4, -0.2) is 10.9 Å². The summed E-state index contributed by atoms with van der Waals surface area (Å²) >= 11 is 0. The van der Waals surface area contributed by atoms with E-state index in [2.05, 4.69) is 22.9 Å². The first-order chi connectivity index (χ1) is 9.79. The summed E-state index contributed by atoms with van der Waals surface area (Å²) in [6.07, 6.45) is 2.99. The third-order valence-electron chi connectivity index (χ3n) is 3.24.